The van der Waals surface area contributed by atoms with E-state index < -0.39 is 8.07 Å². The van der Waals surface area contributed by atoms with Crippen LogP contribution >= 0.6 is 0 Å². The van der Waals surface area contributed by atoms with Gasteiger partial charge in [0.05, 0.1) is 11.4 Å². The highest BCUT2D eigenvalue weighted by Gasteiger charge is 2.41. The summed E-state index contributed by atoms with van der Waals surface area (Å²) in [5.41, 5.74) is 16.5. The van der Waals surface area contributed by atoms with Gasteiger partial charge in [-0.2, -0.15) is 0 Å². The van der Waals surface area contributed by atoms with E-state index in [4.69, 9.17) is 9.97 Å². The SMILES string of the molecule is c1ccc(-c2cc(-c3cccc(-c4ccc(-c5cc(-c6ccccc6)nc(-c6ccccc6)n5)cc4)c3)c(-c3ccccc3)c(-c3cccc([Si](c4ccccc4)(c4ccccc4)c4ccccc4)c3)c2)cc1. The van der Waals surface area contributed by atoms with Gasteiger partial charge in [-0.3, -0.25) is 0 Å². The van der Waals surface area contributed by atoms with Gasteiger partial charge in [-0.1, -0.05) is 279 Å². The highest BCUT2D eigenvalue weighted by atomic mass is 28.3. The molecular formula is C70H50N2Si. The van der Waals surface area contributed by atoms with Gasteiger partial charge in [0, 0.05) is 16.7 Å². The molecule has 0 spiro atoms. The first-order valence-corrected chi connectivity index (χ1v) is 27.0. The second kappa shape index (κ2) is 20.2. The summed E-state index contributed by atoms with van der Waals surface area (Å²) in [5, 5.41) is 5.38. The number of aromatic nitrogens is 2. The average molecular weight is 947 g/mol. The zero-order valence-corrected chi connectivity index (χ0v) is 41.3. The van der Waals surface area contributed by atoms with Crippen LogP contribution in [0.2, 0.25) is 0 Å². The van der Waals surface area contributed by atoms with E-state index in [-0.39, 0.29) is 0 Å². The molecule has 3 heteroatoms. The van der Waals surface area contributed by atoms with Crippen LogP contribution in [-0.2, 0) is 0 Å². The molecule has 0 atom stereocenters. The van der Waals surface area contributed by atoms with E-state index in [1.54, 1.807) is 0 Å². The molecule has 0 N–H and O–H groups in total. The van der Waals surface area contributed by atoms with Crippen LogP contribution in [0.25, 0.3) is 89.5 Å². The second-order valence-corrected chi connectivity index (χ2v) is 22.3. The summed E-state index contributed by atoms with van der Waals surface area (Å²) in [4.78, 5) is 10.1. The molecule has 1 aromatic heterocycles. The molecule has 0 amide bonds. The van der Waals surface area contributed by atoms with Crippen molar-refractivity contribution in [2.75, 3.05) is 0 Å². The Hall–Kier alpha value is -9.28. The fourth-order valence-electron chi connectivity index (χ4n) is 10.6. The summed E-state index contributed by atoms with van der Waals surface area (Å²) in [6, 6.07) is 110. The van der Waals surface area contributed by atoms with Crippen LogP contribution in [-0.4, -0.2) is 18.0 Å². The van der Waals surface area contributed by atoms with Gasteiger partial charge in [0.15, 0.2) is 13.9 Å². The summed E-state index contributed by atoms with van der Waals surface area (Å²) >= 11 is 0. The highest BCUT2D eigenvalue weighted by Crippen LogP contribution is 2.44. The Morgan fingerprint density at radius 2 is 0.548 bits per heavy atom. The summed E-state index contributed by atoms with van der Waals surface area (Å²) in [5.74, 6) is 0.705. The summed E-state index contributed by atoms with van der Waals surface area (Å²) in [7, 11) is -2.83. The van der Waals surface area contributed by atoms with E-state index in [9.17, 15) is 0 Å². The normalized spacial score (nSPS) is 11.3. The predicted octanol–water partition coefficient (Wildman–Crippen LogP) is 15.2. The smallest absolute Gasteiger partial charge is 0.179 e. The minimum atomic E-state index is -2.83. The number of hydrogen-bond acceptors (Lipinski definition) is 2. The van der Waals surface area contributed by atoms with Crippen LogP contribution in [0.3, 0.4) is 0 Å². The summed E-state index contributed by atoms with van der Waals surface area (Å²) in [6.45, 7) is 0. The van der Waals surface area contributed by atoms with E-state index in [1.165, 1.54) is 54.1 Å². The molecule has 0 saturated carbocycles. The number of nitrogens with zero attached hydrogens (tertiary/aromatic N) is 2. The van der Waals surface area contributed by atoms with Crippen molar-refractivity contribution in [2.24, 2.45) is 0 Å². The maximum absolute atomic E-state index is 5.12. The van der Waals surface area contributed by atoms with Gasteiger partial charge >= 0.3 is 0 Å². The van der Waals surface area contributed by atoms with Crippen LogP contribution in [0.5, 0.6) is 0 Å². The maximum Gasteiger partial charge on any atom is 0.179 e. The van der Waals surface area contributed by atoms with Crippen molar-refractivity contribution in [2.45, 2.75) is 0 Å². The van der Waals surface area contributed by atoms with Crippen LogP contribution < -0.4 is 20.7 Å². The summed E-state index contributed by atoms with van der Waals surface area (Å²) < 4.78 is 0. The van der Waals surface area contributed by atoms with Gasteiger partial charge < -0.3 is 0 Å². The Kier molecular flexibility index (Phi) is 12.4. The van der Waals surface area contributed by atoms with E-state index >= 15 is 0 Å². The van der Waals surface area contributed by atoms with Crippen LogP contribution in [0.1, 0.15) is 0 Å². The molecular weight excluding hydrogens is 897 g/mol. The molecule has 0 bridgehead atoms. The Morgan fingerprint density at radius 1 is 0.205 bits per heavy atom. The monoisotopic (exact) mass is 946 g/mol. The van der Waals surface area contributed by atoms with E-state index in [1.807, 2.05) is 24.3 Å². The van der Waals surface area contributed by atoms with Crippen LogP contribution in [0.15, 0.2) is 303 Å². The number of hydrogen-bond donors (Lipinski definition) is 0. The molecule has 73 heavy (non-hydrogen) atoms. The largest absolute Gasteiger partial charge is 0.228 e. The molecule has 0 aliphatic carbocycles. The first kappa shape index (κ1) is 44.9. The molecule has 2 nitrogen and oxygen atoms in total. The van der Waals surface area contributed by atoms with Crippen molar-refractivity contribution in [3.05, 3.63) is 303 Å². The average Bonchev–Trinajstić information content (AvgIpc) is 3.49. The first-order valence-electron chi connectivity index (χ1n) is 25.0. The van der Waals surface area contributed by atoms with Gasteiger partial charge in [-0.25, -0.2) is 9.97 Å². The standard InChI is InChI=1S/C70H50N2Si/c1-8-24-51(25-9-1)60-48-65(58-33-22-32-57(46-58)52-42-44-54(45-43-52)68-50-67(53-26-10-2-11-27-53)71-70(72-68)56-30-14-4-15-31-56)69(55-28-12-3-13-29-55)66(49-60)59-34-23-41-64(47-59)73(61-35-16-5-17-36-61,62-37-18-6-19-38-62)63-39-20-7-21-40-63/h1-50H. The van der Waals surface area contributed by atoms with Crippen molar-refractivity contribution in [3.8, 4) is 89.5 Å². The topological polar surface area (TPSA) is 25.8 Å². The molecule has 11 aromatic carbocycles. The minimum Gasteiger partial charge on any atom is -0.228 e. The molecule has 12 rings (SSSR count). The van der Waals surface area contributed by atoms with Crippen molar-refractivity contribution >= 4 is 28.8 Å². The fraction of sp³-hybridized carbons (Fsp3) is 0. The third-order valence-electron chi connectivity index (χ3n) is 14.1. The van der Waals surface area contributed by atoms with Crippen LogP contribution in [0.4, 0.5) is 0 Å². The molecule has 1 heterocycles. The van der Waals surface area contributed by atoms with E-state index in [0.29, 0.717) is 5.82 Å². The zero-order chi connectivity index (χ0) is 48.8. The van der Waals surface area contributed by atoms with Gasteiger partial charge in [0.2, 0.25) is 0 Å². The molecule has 0 fully saturated rings. The van der Waals surface area contributed by atoms with Crippen molar-refractivity contribution in [3.63, 3.8) is 0 Å². The number of benzene rings is 11. The summed E-state index contributed by atoms with van der Waals surface area (Å²) in [6.07, 6.45) is 0. The fourth-order valence-corrected chi connectivity index (χ4v) is 15.4. The Morgan fingerprint density at radius 3 is 1.05 bits per heavy atom. The van der Waals surface area contributed by atoms with E-state index in [0.717, 1.165) is 50.3 Å². The van der Waals surface area contributed by atoms with Gasteiger partial charge in [-0.15, -0.1) is 0 Å². The lowest BCUT2D eigenvalue weighted by molar-refractivity contribution is 1.18. The quantitative estimate of drug-likeness (QED) is 0.0901. The molecule has 0 saturated heterocycles. The lowest BCUT2D eigenvalue weighted by Gasteiger charge is -2.34. The first-order chi connectivity index (χ1) is 36.2. The molecule has 12 aromatic rings. The highest BCUT2D eigenvalue weighted by molar-refractivity contribution is 7.19. The minimum absolute atomic E-state index is 0.705. The lowest BCUT2D eigenvalue weighted by atomic mass is 9.84. The van der Waals surface area contributed by atoms with Crippen molar-refractivity contribution < 1.29 is 0 Å². The molecule has 0 unspecified atom stereocenters. The van der Waals surface area contributed by atoms with E-state index in [2.05, 4.69) is 279 Å². The Labute approximate surface area is 429 Å². The zero-order valence-electron chi connectivity index (χ0n) is 40.3. The van der Waals surface area contributed by atoms with Gasteiger partial charge in [-0.05, 0) is 101 Å². The molecule has 0 aliphatic heterocycles. The third kappa shape index (κ3) is 8.95. The number of rotatable bonds is 12. The van der Waals surface area contributed by atoms with Crippen LogP contribution in [0, 0.1) is 0 Å². The second-order valence-electron chi connectivity index (χ2n) is 18.5. The maximum atomic E-state index is 5.12. The van der Waals surface area contributed by atoms with Crippen molar-refractivity contribution in [1.29, 1.82) is 0 Å². The Bertz CT molecular complexity index is 3640. The lowest BCUT2D eigenvalue weighted by Crippen LogP contribution is -2.74. The van der Waals surface area contributed by atoms with Gasteiger partial charge in [0.1, 0.15) is 0 Å². The van der Waals surface area contributed by atoms with Crippen molar-refractivity contribution in [1.82, 2.24) is 9.97 Å². The molecule has 344 valence electrons. The molecule has 0 radical (unpaired) electrons. The molecule has 0 aliphatic rings. The third-order valence-corrected chi connectivity index (χ3v) is 18.8. The van der Waals surface area contributed by atoms with Gasteiger partial charge in [0.25, 0.3) is 0 Å². The Balaban J connectivity index is 1.02. The predicted molar refractivity (Wildman–Crippen MR) is 309 cm³/mol.